The number of benzene rings is 1. The minimum Gasteiger partial charge on any atom is -0.493 e. The monoisotopic (exact) mass is 247 g/mol. The van der Waals surface area contributed by atoms with Crippen molar-refractivity contribution in [2.45, 2.75) is 6.92 Å². The predicted molar refractivity (Wildman–Crippen MR) is 65.4 cm³/mol. The summed E-state index contributed by atoms with van der Waals surface area (Å²) >= 11 is 0. The van der Waals surface area contributed by atoms with E-state index in [1.165, 1.54) is 13.2 Å². The Morgan fingerprint density at radius 1 is 1.56 bits per heavy atom. The van der Waals surface area contributed by atoms with Crippen molar-refractivity contribution in [2.24, 2.45) is 0 Å². The molecule has 18 heavy (non-hydrogen) atoms. The van der Waals surface area contributed by atoms with Gasteiger partial charge in [0, 0.05) is 5.56 Å². The Kier molecular flexibility index (Phi) is 4.76. The van der Waals surface area contributed by atoms with Crippen LogP contribution in [0.3, 0.4) is 0 Å². The number of hydrogen-bond acceptors (Lipinski definition) is 4. The van der Waals surface area contributed by atoms with E-state index in [0.29, 0.717) is 23.7 Å². The first-order valence-corrected chi connectivity index (χ1v) is 5.28. The van der Waals surface area contributed by atoms with E-state index >= 15 is 0 Å². The van der Waals surface area contributed by atoms with E-state index in [2.05, 4.69) is 0 Å². The number of carboxylic acid groups (broad SMARTS) is 1. The maximum atomic E-state index is 10.8. The molecule has 0 aliphatic rings. The number of hydrogen-bond donors (Lipinski definition) is 1. The first-order valence-electron chi connectivity index (χ1n) is 5.28. The number of carbonyl (C=O) groups is 1. The van der Waals surface area contributed by atoms with Crippen molar-refractivity contribution in [3.05, 3.63) is 29.3 Å². The number of para-hydroxylation sites is 1. The zero-order chi connectivity index (χ0) is 13.5. The molecule has 5 heteroatoms. The van der Waals surface area contributed by atoms with E-state index < -0.39 is 5.97 Å². The summed E-state index contributed by atoms with van der Waals surface area (Å²) in [6.45, 7) is 2.22. The zero-order valence-corrected chi connectivity index (χ0v) is 10.1. The van der Waals surface area contributed by atoms with E-state index in [-0.39, 0.29) is 5.57 Å². The third-order valence-corrected chi connectivity index (χ3v) is 2.17. The predicted octanol–water partition coefficient (Wildman–Crippen LogP) is 2.09. The lowest BCUT2D eigenvalue weighted by molar-refractivity contribution is -0.132. The van der Waals surface area contributed by atoms with Gasteiger partial charge in [-0.05, 0) is 19.1 Å². The third-order valence-electron chi connectivity index (χ3n) is 2.17. The lowest BCUT2D eigenvalue weighted by atomic mass is 10.1. The first kappa shape index (κ1) is 13.6. The van der Waals surface area contributed by atoms with Crippen molar-refractivity contribution in [3.63, 3.8) is 0 Å². The van der Waals surface area contributed by atoms with Crippen LogP contribution in [0, 0.1) is 11.3 Å². The Bertz CT molecular complexity index is 514. The molecule has 0 saturated carbocycles. The Hall–Kier alpha value is -2.48. The fraction of sp³-hybridized carbons (Fsp3) is 0.231. The molecule has 0 atom stereocenters. The van der Waals surface area contributed by atoms with Crippen LogP contribution in [0.4, 0.5) is 0 Å². The molecule has 1 N–H and O–H groups in total. The van der Waals surface area contributed by atoms with Crippen LogP contribution in [-0.4, -0.2) is 24.8 Å². The summed E-state index contributed by atoms with van der Waals surface area (Å²) in [5.74, 6) is -0.354. The Balaban J connectivity index is 3.32. The number of carboxylic acids is 1. The van der Waals surface area contributed by atoms with Gasteiger partial charge in [0.15, 0.2) is 11.5 Å². The number of ether oxygens (including phenoxy) is 2. The highest BCUT2D eigenvalue weighted by molar-refractivity contribution is 5.97. The largest absolute Gasteiger partial charge is 0.493 e. The molecule has 1 aromatic carbocycles. The molecule has 0 unspecified atom stereocenters. The van der Waals surface area contributed by atoms with Gasteiger partial charge in [-0.3, -0.25) is 0 Å². The Morgan fingerprint density at radius 2 is 2.28 bits per heavy atom. The average molecular weight is 247 g/mol. The van der Waals surface area contributed by atoms with Gasteiger partial charge in [0.05, 0.1) is 13.7 Å². The lowest BCUT2D eigenvalue weighted by Crippen LogP contribution is -2.00. The van der Waals surface area contributed by atoms with Crippen molar-refractivity contribution in [1.82, 2.24) is 0 Å². The SMILES string of the molecule is CCOc1c(C=C(C#N)C(=O)O)cccc1OC. The van der Waals surface area contributed by atoms with Crippen molar-refractivity contribution >= 4 is 12.0 Å². The fourth-order valence-electron chi connectivity index (χ4n) is 1.40. The quantitative estimate of drug-likeness (QED) is 0.636. The van der Waals surface area contributed by atoms with Crippen molar-refractivity contribution in [2.75, 3.05) is 13.7 Å². The van der Waals surface area contributed by atoms with Crippen LogP contribution in [0.5, 0.6) is 11.5 Å². The molecule has 1 rings (SSSR count). The van der Waals surface area contributed by atoms with Gasteiger partial charge in [-0.1, -0.05) is 12.1 Å². The summed E-state index contributed by atoms with van der Waals surface area (Å²) in [7, 11) is 1.49. The van der Waals surface area contributed by atoms with Gasteiger partial charge in [-0.15, -0.1) is 0 Å². The van der Waals surface area contributed by atoms with Crippen LogP contribution >= 0.6 is 0 Å². The molecule has 94 valence electrons. The second-order valence-corrected chi connectivity index (χ2v) is 3.29. The number of aliphatic carboxylic acids is 1. The van der Waals surface area contributed by atoms with E-state index in [1.54, 1.807) is 24.3 Å². The van der Waals surface area contributed by atoms with Crippen molar-refractivity contribution < 1.29 is 19.4 Å². The summed E-state index contributed by atoms with van der Waals surface area (Å²) in [5.41, 5.74) is 0.138. The standard InChI is InChI=1S/C13H13NO4/c1-3-18-12-9(5-4-6-11(12)17-2)7-10(8-14)13(15)16/h4-7H,3H2,1-2H3,(H,15,16). The van der Waals surface area contributed by atoms with Crippen LogP contribution in [-0.2, 0) is 4.79 Å². The summed E-state index contributed by atoms with van der Waals surface area (Å²) < 4.78 is 10.5. The molecule has 0 aliphatic carbocycles. The molecule has 0 radical (unpaired) electrons. The second-order valence-electron chi connectivity index (χ2n) is 3.29. The second kappa shape index (κ2) is 6.30. The Morgan fingerprint density at radius 3 is 2.78 bits per heavy atom. The van der Waals surface area contributed by atoms with Crippen LogP contribution in [0.1, 0.15) is 12.5 Å². The van der Waals surface area contributed by atoms with Crippen LogP contribution in [0.2, 0.25) is 0 Å². The number of rotatable bonds is 5. The molecule has 0 amide bonds. The molecular weight excluding hydrogens is 234 g/mol. The van der Waals surface area contributed by atoms with Crippen molar-refractivity contribution in [3.8, 4) is 17.6 Å². The van der Waals surface area contributed by atoms with Gasteiger partial charge >= 0.3 is 5.97 Å². The summed E-state index contributed by atoms with van der Waals surface area (Å²) in [4.78, 5) is 10.8. The van der Waals surface area contributed by atoms with Gasteiger partial charge in [-0.25, -0.2) is 4.79 Å². The molecule has 1 aromatic rings. The molecule has 0 heterocycles. The minimum absolute atomic E-state index is 0.357. The molecule has 0 aliphatic heterocycles. The van der Waals surface area contributed by atoms with E-state index in [4.69, 9.17) is 19.8 Å². The maximum Gasteiger partial charge on any atom is 0.346 e. The van der Waals surface area contributed by atoms with Gasteiger partial charge in [0.2, 0.25) is 0 Å². The minimum atomic E-state index is -1.28. The number of nitriles is 1. The number of nitrogens with zero attached hydrogens (tertiary/aromatic N) is 1. The summed E-state index contributed by atoms with van der Waals surface area (Å²) in [6.07, 6.45) is 1.26. The van der Waals surface area contributed by atoms with E-state index in [0.717, 1.165) is 0 Å². The van der Waals surface area contributed by atoms with Gasteiger partial charge in [0.1, 0.15) is 11.6 Å². The first-order chi connectivity index (χ1) is 8.63. The molecule has 0 aromatic heterocycles. The third kappa shape index (κ3) is 3.01. The molecule has 0 saturated heterocycles. The highest BCUT2D eigenvalue weighted by Crippen LogP contribution is 2.32. The van der Waals surface area contributed by atoms with Crippen LogP contribution < -0.4 is 9.47 Å². The summed E-state index contributed by atoms with van der Waals surface area (Å²) in [5, 5.41) is 17.6. The molecule has 5 nitrogen and oxygen atoms in total. The number of methoxy groups -OCH3 is 1. The summed E-state index contributed by atoms with van der Waals surface area (Å²) in [6, 6.07) is 6.68. The van der Waals surface area contributed by atoms with Gasteiger partial charge < -0.3 is 14.6 Å². The van der Waals surface area contributed by atoms with E-state index in [9.17, 15) is 4.79 Å². The fourth-order valence-corrected chi connectivity index (χ4v) is 1.40. The highest BCUT2D eigenvalue weighted by atomic mass is 16.5. The molecular formula is C13H13NO4. The van der Waals surface area contributed by atoms with Crippen LogP contribution in [0.25, 0.3) is 6.08 Å². The smallest absolute Gasteiger partial charge is 0.346 e. The van der Waals surface area contributed by atoms with Gasteiger partial charge in [0.25, 0.3) is 0 Å². The zero-order valence-electron chi connectivity index (χ0n) is 10.1. The topological polar surface area (TPSA) is 79.5 Å². The van der Waals surface area contributed by atoms with Gasteiger partial charge in [-0.2, -0.15) is 5.26 Å². The van der Waals surface area contributed by atoms with E-state index in [1.807, 2.05) is 6.92 Å². The molecule has 0 fully saturated rings. The normalized spacial score (nSPS) is 10.6. The molecule has 0 spiro atoms. The lowest BCUT2D eigenvalue weighted by Gasteiger charge is -2.11. The van der Waals surface area contributed by atoms with Crippen molar-refractivity contribution in [1.29, 1.82) is 5.26 Å². The highest BCUT2D eigenvalue weighted by Gasteiger charge is 2.12. The molecule has 0 bridgehead atoms. The average Bonchev–Trinajstić information content (AvgIpc) is 2.37. The maximum absolute atomic E-state index is 10.8. The Labute approximate surface area is 105 Å². The van der Waals surface area contributed by atoms with Crippen LogP contribution in [0.15, 0.2) is 23.8 Å².